The maximum Gasteiger partial charge on any atom is 0.263 e. The molecule has 26 heavy (non-hydrogen) atoms. The molecule has 2 N–H and O–H groups in total. The number of hydrogen-bond donors (Lipinski definition) is 2. The summed E-state index contributed by atoms with van der Waals surface area (Å²) >= 11 is 1.29. The fourth-order valence-electron chi connectivity index (χ4n) is 2.88. The SMILES string of the molecule is CCNc1ncc(C(=O)NC2(c3ccc(S(C)(=O)=O)cc3)CCOC2)s1. The van der Waals surface area contributed by atoms with Gasteiger partial charge >= 0.3 is 0 Å². The number of nitrogens with zero attached hydrogens (tertiary/aromatic N) is 1. The van der Waals surface area contributed by atoms with Crippen LogP contribution in [0.5, 0.6) is 0 Å². The normalized spacial score (nSPS) is 20.1. The van der Waals surface area contributed by atoms with Crippen molar-refractivity contribution in [1.82, 2.24) is 10.3 Å². The van der Waals surface area contributed by atoms with Gasteiger partial charge in [-0.15, -0.1) is 0 Å². The molecule has 2 aromatic rings. The Bertz CT molecular complexity index is 885. The number of hydrogen-bond acceptors (Lipinski definition) is 7. The maximum atomic E-state index is 12.7. The fraction of sp³-hybridized carbons (Fsp3) is 0.412. The van der Waals surface area contributed by atoms with Gasteiger partial charge in [0.15, 0.2) is 15.0 Å². The summed E-state index contributed by atoms with van der Waals surface area (Å²) in [6.07, 6.45) is 3.34. The van der Waals surface area contributed by atoms with Crippen molar-refractivity contribution in [1.29, 1.82) is 0 Å². The van der Waals surface area contributed by atoms with E-state index < -0.39 is 15.4 Å². The Labute approximate surface area is 156 Å². The predicted octanol–water partition coefficient (Wildman–Crippen LogP) is 2.02. The molecule has 1 aliphatic rings. The molecule has 0 aliphatic carbocycles. The van der Waals surface area contributed by atoms with Crippen LogP contribution in [0.15, 0.2) is 35.4 Å². The summed E-state index contributed by atoms with van der Waals surface area (Å²) in [6.45, 7) is 3.57. The second-order valence-corrected chi connectivity index (χ2v) is 9.24. The summed E-state index contributed by atoms with van der Waals surface area (Å²) in [7, 11) is -3.26. The molecule has 1 atom stereocenters. The molecule has 1 aromatic heterocycles. The second-order valence-electron chi connectivity index (χ2n) is 6.20. The molecule has 0 spiro atoms. The minimum Gasteiger partial charge on any atom is -0.379 e. The van der Waals surface area contributed by atoms with Gasteiger partial charge in [0.05, 0.1) is 23.2 Å². The Balaban J connectivity index is 1.84. The van der Waals surface area contributed by atoms with Gasteiger partial charge in [0.2, 0.25) is 0 Å². The number of nitrogens with one attached hydrogen (secondary N) is 2. The minimum absolute atomic E-state index is 0.218. The van der Waals surface area contributed by atoms with Crippen molar-refractivity contribution in [2.75, 3.05) is 31.3 Å². The van der Waals surface area contributed by atoms with Crippen molar-refractivity contribution in [3.63, 3.8) is 0 Å². The lowest BCUT2D eigenvalue weighted by molar-refractivity contribution is 0.0879. The molecule has 1 unspecified atom stereocenters. The Morgan fingerprint density at radius 2 is 2.08 bits per heavy atom. The summed E-state index contributed by atoms with van der Waals surface area (Å²) in [5.41, 5.74) is 0.155. The van der Waals surface area contributed by atoms with Crippen LogP contribution in [0.1, 0.15) is 28.6 Å². The molecule has 0 saturated carbocycles. The van der Waals surface area contributed by atoms with Crippen molar-refractivity contribution in [2.45, 2.75) is 23.8 Å². The summed E-state index contributed by atoms with van der Waals surface area (Å²) < 4.78 is 28.9. The smallest absolute Gasteiger partial charge is 0.263 e. The van der Waals surface area contributed by atoms with E-state index in [0.29, 0.717) is 29.6 Å². The molecule has 1 aromatic carbocycles. The highest BCUT2D eigenvalue weighted by molar-refractivity contribution is 7.90. The molecule has 140 valence electrons. The van der Waals surface area contributed by atoms with Crippen molar-refractivity contribution >= 4 is 32.2 Å². The van der Waals surface area contributed by atoms with E-state index in [-0.39, 0.29) is 10.8 Å². The summed E-state index contributed by atoms with van der Waals surface area (Å²) in [4.78, 5) is 17.7. The van der Waals surface area contributed by atoms with Crippen LogP contribution in [-0.4, -0.2) is 45.3 Å². The highest BCUT2D eigenvalue weighted by Crippen LogP contribution is 2.32. The molecule has 0 radical (unpaired) electrons. The number of carbonyl (C=O) groups is 1. The number of aromatic nitrogens is 1. The lowest BCUT2D eigenvalue weighted by Gasteiger charge is -2.29. The zero-order valence-corrected chi connectivity index (χ0v) is 16.2. The molecule has 0 bridgehead atoms. The number of thiazole rings is 1. The van der Waals surface area contributed by atoms with E-state index >= 15 is 0 Å². The number of sulfone groups is 1. The van der Waals surface area contributed by atoms with E-state index in [1.54, 1.807) is 30.5 Å². The summed E-state index contributed by atoms with van der Waals surface area (Å²) in [5.74, 6) is -0.218. The molecule has 1 fully saturated rings. The van der Waals surface area contributed by atoms with E-state index in [9.17, 15) is 13.2 Å². The lowest BCUT2D eigenvalue weighted by atomic mass is 9.89. The molecular weight excluding hydrogens is 374 g/mol. The number of benzene rings is 1. The zero-order valence-electron chi connectivity index (χ0n) is 14.6. The fourth-order valence-corrected chi connectivity index (χ4v) is 4.29. The number of anilines is 1. The van der Waals surface area contributed by atoms with Gasteiger partial charge in [-0.2, -0.15) is 0 Å². The third-order valence-electron chi connectivity index (χ3n) is 4.27. The van der Waals surface area contributed by atoms with E-state index in [4.69, 9.17) is 4.74 Å². The van der Waals surface area contributed by atoms with Crippen molar-refractivity contribution in [3.05, 3.63) is 40.9 Å². The number of carbonyl (C=O) groups excluding carboxylic acids is 1. The monoisotopic (exact) mass is 395 g/mol. The van der Waals surface area contributed by atoms with Gasteiger partial charge in [0, 0.05) is 25.8 Å². The van der Waals surface area contributed by atoms with Crippen LogP contribution in [0, 0.1) is 0 Å². The van der Waals surface area contributed by atoms with Crippen LogP contribution >= 0.6 is 11.3 Å². The van der Waals surface area contributed by atoms with E-state index in [1.165, 1.54) is 17.6 Å². The first kappa shape index (κ1) is 18.8. The number of amides is 1. The van der Waals surface area contributed by atoms with Crippen LogP contribution in [0.25, 0.3) is 0 Å². The van der Waals surface area contributed by atoms with Crippen molar-refractivity contribution in [2.24, 2.45) is 0 Å². The van der Waals surface area contributed by atoms with E-state index in [1.807, 2.05) is 6.92 Å². The zero-order chi connectivity index (χ0) is 18.8. The second kappa shape index (κ2) is 7.34. The van der Waals surface area contributed by atoms with Crippen LogP contribution in [0.4, 0.5) is 5.13 Å². The molecule has 9 heteroatoms. The topological polar surface area (TPSA) is 97.4 Å². The molecular formula is C17H21N3O4S2. The molecule has 7 nitrogen and oxygen atoms in total. The minimum atomic E-state index is -3.26. The molecule has 1 saturated heterocycles. The average molecular weight is 396 g/mol. The molecule has 1 amide bonds. The quantitative estimate of drug-likeness (QED) is 0.777. The van der Waals surface area contributed by atoms with Gasteiger partial charge in [-0.25, -0.2) is 13.4 Å². The van der Waals surface area contributed by atoms with Gasteiger partial charge in [0.25, 0.3) is 5.91 Å². The molecule has 3 rings (SSSR count). The Morgan fingerprint density at radius 1 is 1.35 bits per heavy atom. The van der Waals surface area contributed by atoms with Crippen LogP contribution in [-0.2, 0) is 20.1 Å². The Kier molecular flexibility index (Phi) is 5.31. The van der Waals surface area contributed by atoms with Crippen molar-refractivity contribution < 1.29 is 17.9 Å². The third-order valence-corrected chi connectivity index (χ3v) is 6.35. The Hall–Kier alpha value is -1.97. The van der Waals surface area contributed by atoms with Crippen molar-refractivity contribution in [3.8, 4) is 0 Å². The maximum absolute atomic E-state index is 12.7. The van der Waals surface area contributed by atoms with Gasteiger partial charge in [0.1, 0.15) is 4.88 Å². The molecule has 1 aliphatic heterocycles. The summed E-state index contributed by atoms with van der Waals surface area (Å²) in [5, 5.41) is 6.85. The van der Waals surface area contributed by atoms with Gasteiger partial charge in [-0.3, -0.25) is 4.79 Å². The van der Waals surface area contributed by atoms with Crippen LogP contribution in [0.3, 0.4) is 0 Å². The van der Waals surface area contributed by atoms with E-state index in [2.05, 4.69) is 15.6 Å². The lowest BCUT2D eigenvalue weighted by Crippen LogP contribution is -2.46. The van der Waals surface area contributed by atoms with Crippen LogP contribution < -0.4 is 10.6 Å². The predicted molar refractivity (Wildman–Crippen MR) is 100 cm³/mol. The number of rotatable bonds is 6. The standard InChI is InChI=1S/C17H21N3O4S2/c1-3-18-16-19-10-14(25-16)15(21)20-17(8-9-24-11-17)12-4-6-13(7-5-12)26(2,22)23/h4-7,10H,3,8-9,11H2,1-2H3,(H,18,19)(H,20,21). The molecule has 2 heterocycles. The third kappa shape index (κ3) is 3.89. The van der Waals surface area contributed by atoms with Gasteiger partial charge in [-0.1, -0.05) is 23.5 Å². The Morgan fingerprint density at radius 3 is 2.65 bits per heavy atom. The number of ether oxygens (including phenoxy) is 1. The summed E-state index contributed by atoms with van der Waals surface area (Å²) in [6, 6.07) is 6.60. The first-order chi connectivity index (χ1) is 12.3. The highest BCUT2D eigenvalue weighted by atomic mass is 32.2. The van der Waals surface area contributed by atoms with E-state index in [0.717, 1.165) is 12.1 Å². The first-order valence-corrected chi connectivity index (χ1v) is 11.0. The average Bonchev–Trinajstić information content (AvgIpc) is 3.25. The highest BCUT2D eigenvalue weighted by Gasteiger charge is 2.38. The largest absolute Gasteiger partial charge is 0.379 e. The first-order valence-electron chi connectivity index (χ1n) is 8.25. The van der Waals surface area contributed by atoms with Gasteiger partial charge in [-0.05, 0) is 24.6 Å². The van der Waals surface area contributed by atoms with Crippen LogP contribution in [0.2, 0.25) is 0 Å². The van der Waals surface area contributed by atoms with Gasteiger partial charge < -0.3 is 15.4 Å².